The highest BCUT2D eigenvalue weighted by molar-refractivity contribution is 5.43. The second-order valence-electron chi connectivity index (χ2n) is 4.48. The zero-order chi connectivity index (χ0) is 14.5. The van der Waals surface area contributed by atoms with E-state index in [2.05, 4.69) is 4.98 Å². The van der Waals surface area contributed by atoms with Gasteiger partial charge >= 0.3 is 0 Å². The molecule has 2 rings (SSSR count). The Kier molecular flexibility index (Phi) is 4.58. The molecule has 106 valence electrons. The van der Waals surface area contributed by atoms with Crippen molar-refractivity contribution in [3.8, 4) is 11.5 Å². The first-order valence-corrected chi connectivity index (χ1v) is 6.53. The third-order valence-electron chi connectivity index (χ3n) is 3.31. The van der Waals surface area contributed by atoms with E-state index in [0.29, 0.717) is 11.5 Å². The van der Waals surface area contributed by atoms with Gasteiger partial charge in [0.2, 0.25) is 0 Å². The molecule has 1 aromatic carbocycles. The molecule has 20 heavy (non-hydrogen) atoms. The van der Waals surface area contributed by atoms with Crippen molar-refractivity contribution in [1.82, 2.24) is 4.98 Å². The largest absolute Gasteiger partial charge is 0.497 e. The standard InChI is InChI=1S/C16H19NO3/c1-4-11-10-17-6-5-15(11)16(18)12-7-13(19-2)9-14(8-12)20-3/h5-10,16,18H,4H2,1-3H3. The van der Waals surface area contributed by atoms with Gasteiger partial charge in [0.25, 0.3) is 0 Å². The van der Waals surface area contributed by atoms with Gasteiger partial charge in [-0.05, 0) is 41.3 Å². The normalized spacial score (nSPS) is 12.0. The van der Waals surface area contributed by atoms with Crippen molar-refractivity contribution in [2.75, 3.05) is 14.2 Å². The highest BCUT2D eigenvalue weighted by Crippen LogP contribution is 2.31. The molecular formula is C16H19NO3. The smallest absolute Gasteiger partial charge is 0.122 e. The minimum Gasteiger partial charge on any atom is -0.497 e. The summed E-state index contributed by atoms with van der Waals surface area (Å²) in [7, 11) is 3.18. The van der Waals surface area contributed by atoms with Crippen LogP contribution in [0.2, 0.25) is 0 Å². The first-order chi connectivity index (χ1) is 9.69. The quantitative estimate of drug-likeness (QED) is 0.910. The lowest BCUT2D eigenvalue weighted by Gasteiger charge is -2.16. The Morgan fingerprint density at radius 1 is 1.15 bits per heavy atom. The number of methoxy groups -OCH3 is 2. The zero-order valence-corrected chi connectivity index (χ0v) is 12.0. The summed E-state index contributed by atoms with van der Waals surface area (Å²) in [6.45, 7) is 2.04. The Morgan fingerprint density at radius 3 is 2.35 bits per heavy atom. The first-order valence-electron chi connectivity index (χ1n) is 6.53. The number of rotatable bonds is 5. The van der Waals surface area contributed by atoms with E-state index in [-0.39, 0.29) is 0 Å². The third kappa shape index (κ3) is 2.91. The number of nitrogens with zero attached hydrogens (tertiary/aromatic N) is 1. The summed E-state index contributed by atoms with van der Waals surface area (Å²) in [5, 5.41) is 10.6. The molecule has 4 nitrogen and oxygen atoms in total. The minimum atomic E-state index is -0.725. The van der Waals surface area contributed by atoms with Crippen molar-refractivity contribution in [3.63, 3.8) is 0 Å². The summed E-state index contributed by atoms with van der Waals surface area (Å²) in [5.41, 5.74) is 2.63. The maximum Gasteiger partial charge on any atom is 0.122 e. The van der Waals surface area contributed by atoms with Gasteiger partial charge in [-0.25, -0.2) is 0 Å². The summed E-state index contributed by atoms with van der Waals surface area (Å²) in [5.74, 6) is 1.32. The average molecular weight is 273 g/mol. The number of aryl methyl sites for hydroxylation is 1. The van der Waals surface area contributed by atoms with Crippen LogP contribution in [0.4, 0.5) is 0 Å². The van der Waals surface area contributed by atoms with E-state index in [0.717, 1.165) is 23.1 Å². The Hall–Kier alpha value is -2.07. The highest BCUT2D eigenvalue weighted by atomic mass is 16.5. The van der Waals surface area contributed by atoms with E-state index >= 15 is 0 Å². The number of aromatic nitrogens is 1. The van der Waals surface area contributed by atoms with Crippen LogP contribution in [0.1, 0.15) is 29.7 Å². The minimum absolute atomic E-state index is 0.658. The topological polar surface area (TPSA) is 51.6 Å². The van der Waals surface area contributed by atoms with Crippen LogP contribution in [0.3, 0.4) is 0 Å². The molecule has 1 heterocycles. The molecule has 1 aromatic heterocycles. The van der Waals surface area contributed by atoms with E-state index in [1.807, 2.05) is 25.1 Å². The van der Waals surface area contributed by atoms with Crippen LogP contribution in [0, 0.1) is 0 Å². The van der Waals surface area contributed by atoms with Crippen LogP contribution in [-0.4, -0.2) is 24.3 Å². The van der Waals surface area contributed by atoms with Crippen LogP contribution in [-0.2, 0) is 6.42 Å². The molecule has 0 amide bonds. The van der Waals surface area contributed by atoms with E-state index in [1.54, 1.807) is 32.7 Å². The van der Waals surface area contributed by atoms with Crippen molar-refractivity contribution >= 4 is 0 Å². The summed E-state index contributed by atoms with van der Waals surface area (Å²) in [6.07, 6.45) is 3.57. The molecule has 1 atom stereocenters. The predicted molar refractivity (Wildman–Crippen MR) is 77.2 cm³/mol. The SMILES string of the molecule is CCc1cnccc1C(O)c1cc(OC)cc(OC)c1. The number of pyridine rings is 1. The lowest BCUT2D eigenvalue weighted by Crippen LogP contribution is -2.04. The fourth-order valence-electron chi connectivity index (χ4n) is 2.17. The Bertz CT molecular complexity index is 561. The molecule has 1 unspecified atom stereocenters. The molecule has 0 saturated heterocycles. The van der Waals surface area contributed by atoms with E-state index in [1.165, 1.54) is 0 Å². The van der Waals surface area contributed by atoms with Crippen LogP contribution in [0.15, 0.2) is 36.7 Å². The van der Waals surface area contributed by atoms with E-state index in [9.17, 15) is 5.11 Å². The maximum atomic E-state index is 10.6. The van der Waals surface area contributed by atoms with Crippen LogP contribution >= 0.6 is 0 Å². The van der Waals surface area contributed by atoms with Crippen LogP contribution in [0.25, 0.3) is 0 Å². The lowest BCUT2D eigenvalue weighted by atomic mass is 9.97. The van der Waals surface area contributed by atoms with Crippen molar-refractivity contribution in [3.05, 3.63) is 53.3 Å². The summed E-state index contributed by atoms with van der Waals surface area (Å²) < 4.78 is 10.5. The molecule has 2 aromatic rings. The lowest BCUT2D eigenvalue weighted by molar-refractivity contribution is 0.218. The van der Waals surface area contributed by atoms with E-state index in [4.69, 9.17) is 9.47 Å². The summed E-state index contributed by atoms with van der Waals surface area (Å²) in [4.78, 5) is 4.10. The molecule has 1 N–H and O–H groups in total. The van der Waals surface area contributed by atoms with Gasteiger partial charge in [0.05, 0.1) is 14.2 Å². The molecule has 0 bridgehead atoms. The molecule has 0 spiro atoms. The molecule has 0 radical (unpaired) electrons. The first kappa shape index (κ1) is 14.3. The van der Waals surface area contributed by atoms with Gasteiger partial charge in [-0.15, -0.1) is 0 Å². The fraction of sp³-hybridized carbons (Fsp3) is 0.312. The number of hydrogen-bond acceptors (Lipinski definition) is 4. The van der Waals surface area contributed by atoms with Crippen molar-refractivity contribution in [2.24, 2.45) is 0 Å². The number of aliphatic hydroxyl groups excluding tert-OH is 1. The van der Waals surface area contributed by atoms with Gasteiger partial charge in [0.1, 0.15) is 17.6 Å². The molecule has 0 aliphatic heterocycles. The summed E-state index contributed by atoms with van der Waals surface area (Å²) in [6, 6.07) is 7.25. The Balaban J connectivity index is 2.44. The maximum absolute atomic E-state index is 10.6. The Morgan fingerprint density at radius 2 is 1.80 bits per heavy atom. The molecule has 4 heteroatoms. The molecule has 0 aliphatic carbocycles. The van der Waals surface area contributed by atoms with Crippen molar-refractivity contribution in [1.29, 1.82) is 0 Å². The van der Waals surface area contributed by atoms with Gasteiger partial charge in [0, 0.05) is 18.5 Å². The number of hydrogen-bond donors (Lipinski definition) is 1. The monoisotopic (exact) mass is 273 g/mol. The molecular weight excluding hydrogens is 254 g/mol. The van der Waals surface area contributed by atoms with Crippen LogP contribution < -0.4 is 9.47 Å². The number of benzene rings is 1. The second kappa shape index (κ2) is 6.39. The molecule has 0 saturated carbocycles. The third-order valence-corrected chi connectivity index (χ3v) is 3.31. The average Bonchev–Trinajstić information content (AvgIpc) is 2.53. The molecule has 0 aliphatic rings. The Labute approximate surface area is 119 Å². The highest BCUT2D eigenvalue weighted by Gasteiger charge is 2.16. The van der Waals surface area contributed by atoms with Gasteiger partial charge in [-0.2, -0.15) is 0 Å². The fourth-order valence-corrected chi connectivity index (χ4v) is 2.17. The van der Waals surface area contributed by atoms with Gasteiger partial charge in [-0.1, -0.05) is 6.92 Å². The van der Waals surface area contributed by atoms with Crippen LogP contribution in [0.5, 0.6) is 11.5 Å². The summed E-state index contributed by atoms with van der Waals surface area (Å²) >= 11 is 0. The van der Waals surface area contributed by atoms with Crippen molar-refractivity contribution in [2.45, 2.75) is 19.4 Å². The van der Waals surface area contributed by atoms with Crippen molar-refractivity contribution < 1.29 is 14.6 Å². The number of ether oxygens (including phenoxy) is 2. The zero-order valence-electron chi connectivity index (χ0n) is 12.0. The van der Waals surface area contributed by atoms with E-state index < -0.39 is 6.10 Å². The van der Waals surface area contributed by atoms with Gasteiger partial charge < -0.3 is 14.6 Å². The predicted octanol–water partition coefficient (Wildman–Crippen LogP) is 2.74. The second-order valence-corrected chi connectivity index (χ2v) is 4.48. The molecule has 0 fully saturated rings. The number of aliphatic hydroxyl groups is 1. The van der Waals surface area contributed by atoms with Gasteiger partial charge in [0.15, 0.2) is 0 Å². The van der Waals surface area contributed by atoms with Gasteiger partial charge in [-0.3, -0.25) is 4.98 Å².